The molecule has 4 aromatic carbocycles. The van der Waals surface area contributed by atoms with Crippen molar-refractivity contribution in [2.45, 2.75) is 39.0 Å². The van der Waals surface area contributed by atoms with Crippen LogP contribution in [0.3, 0.4) is 0 Å². The third kappa shape index (κ3) is 8.02. The van der Waals surface area contributed by atoms with Crippen LogP contribution in [0.5, 0.6) is 0 Å². The van der Waals surface area contributed by atoms with Crippen molar-refractivity contribution < 1.29 is 20.1 Å². The van der Waals surface area contributed by atoms with Gasteiger partial charge < -0.3 is 9.97 Å². The first-order chi connectivity index (χ1) is 20.4. The molecule has 3 heteroatoms. The number of aromatic nitrogens is 2. The second-order valence-corrected chi connectivity index (χ2v) is 11.2. The van der Waals surface area contributed by atoms with Crippen LogP contribution in [-0.2, 0) is 25.5 Å². The Kier molecular flexibility index (Phi) is 11.0. The second kappa shape index (κ2) is 14.8. The molecule has 0 saturated heterocycles. The van der Waals surface area contributed by atoms with Crippen LogP contribution in [0.2, 0.25) is 0 Å². The number of pyridine rings is 2. The van der Waals surface area contributed by atoms with Crippen LogP contribution in [0.25, 0.3) is 33.6 Å². The zero-order valence-corrected chi connectivity index (χ0v) is 27.5. The molecule has 0 spiro atoms. The van der Waals surface area contributed by atoms with E-state index in [0.717, 1.165) is 22.5 Å². The van der Waals surface area contributed by atoms with E-state index in [1.165, 1.54) is 27.8 Å². The van der Waals surface area contributed by atoms with Crippen LogP contribution >= 0.6 is 0 Å². The van der Waals surface area contributed by atoms with E-state index in [4.69, 9.17) is 0 Å². The molecular formula is C40H36IrN2-2. The maximum Gasteiger partial charge on any atom is 0.0163 e. The molecule has 0 unspecified atom stereocenters. The molecule has 43 heavy (non-hydrogen) atoms. The van der Waals surface area contributed by atoms with Crippen molar-refractivity contribution in [1.29, 1.82) is 0 Å². The molecule has 1 radical (unpaired) electrons. The minimum Gasteiger partial charge on any atom is -0.305 e. The maximum atomic E-state index is 4.56. The molecule has 0 saturated carbocycles. The summed E-state index contributed by atoms with van der Waals surface area (Å²) >= 11 is 0. The van der Waals surface area contributed by atoms with Crippen LogP contribution in [-0.4, -0.2) is 9.97 Å². The normalized spacial score (nSPS) is 10.8. The Hall–Kier alpha value is -4.17. The summed E-state index contributed by atoms with van der Waals surface area (Å²) in [6, 6.07) is 50.3. The quantitative estimate of drug-likeness (QED) is 0.159. The van der Waals surface area contributed by atoms with E-state index in [1.807, 2.05) is 48.7 Å². The Bertz CT molecular complexity index is 1640. The molecule has 0 atom stereocenters. The minimum atomic E-state index is -0.0587. The van der Waals surface area contributed by atoms with Gasteiger partial charge in [0, 0.05) is 37.9 Å². The Labute approximate surface area is 270 Å². The first-order valence-corrected chi connectivity index (χ1v) is 14.4. The van der Waals surface area contributed by atoms with Gasteiger partial charge in [-0.3, -0.25) is 0 Å². The molecule has 2 heterocycles. The molecule has 6 aromatic rings. The van der Waals surface area contributed by atoms with Crippen LogP contribution in [0.1, 0.15) is 50.3 Å². The summed E-state index contributed by atoms with van der Waals surface area (Å²) in [5, 5.41) is 0. The molecule has 0 aliphatic rings. The molecule has 6 rings (SSSR count). The monoisotopic (exact) mass is 737 g/mol. The van der Waals surface area contributed by atoms with Crippen molar-refractivity contribution in [3.63, 3.8) is 0 Å². The number of benzene rings is 4. The number of hydrogen-bond acceptors (Lipinski definition) is 2. The van der Waals surface area contributed by atoms with Gasteiger partial charge in [0.05, 0.1) is 0 Å². The van der Waals surface area contributed by atoms with E-state index in [-0.39, 0.29) is 25.5 Å². The fourth-order valence-electron chi connectivity index (χ4n) is 4.89. The average molecular weight is 737 g/mol. The molecule has 2 aromatic heterocycles. The summed E-state index contributed by atoms with van der Waals surface area (Å²) in [7, 11) is 0. The van der Waals surface area contributed by atoms with Gasteiger partial charge in [-0.15, -0.1) is 70.8 Å². The van der Waals surface area contributed by atoms with Gasteiger partial charge in [-0.2, -0.15) is 0 Å². The van der Waals surface area contributed by atoms with Crippen LogP contribution in [0, 0.1) is 12.1 Å². The Morgan fingerprint density at radius 3 is 1.93 bits per heavy atom. The zero-order valence-electron chi connectivity index (χ0n) is 25.1. The van der Waals surface area contributed by atoms with Gasteiger partial charge in [-0.25, -0.2) is 0 Å². The molecule has 0 aliphatic heterocycles. The average Bonchev–Trinajstić information content (AvgIpc) is 3.06. The van der Waals surface area contributed by atoms with Crippen molar-refractivity contribution >= 4 is 0 Å². The molecule has 2 nitrogen and oxygen atoms in total. The van der Waals surface area contributed by atoms with Crippen molar-refractivity contribution in [2.24, 2.45) is 0 Å². The summed E-state index contributed by atoms with van der Waals surface area (Å²) < 4.78 is 0. The van der Waals surface area contributed by atoms with E-state index in [2.05, 4.69) is 135 Å². The fourth-order valence-corrected chi connectivity index (χ4v) is 4.89. The van der Waals surface area contributed by atoms with E-state index in [0.29, 0.717) is 5.92 Å². The third-order valence-corrected chi connectivity index (χ3v) is 7.61. The summed E-state index contributed by atoms with van der Waals surface area (Å²) in [6.45, 7) is 8.91. The van der Waals surface area contributed by atoms with E-state index in [9.17, 15) is 0 Å². The summed E-state index contributed by atoms with van der Waals surface area (Å²) in [6.07, 6.45) is 3.71. The van der Waals surface area contributed by atoms with Crippen molar-refractivity contribution in [3.8, 4) is 33.6 Å². The molecule has 0 aliphatic carbocycles. The zero-order chi connectivity index (χ0) is 29.4. The van der Waals surface area contributed by atoms with Gasteiger partial charge in [0.1, 0.15) is 0 Å². The standard InChI is InChI=1S/C23H24N.C17H12N.Ir/c1-17(2)18-10-12-19(13-11-18)22-16-21(14-15-24-22)23(3,4)20-8-6-5-7-9-20;1-2-7-14(8-3-1)15-9-6-10-16(13-15)17-11-4-5-12-18-17;/h5-12,14-17H,1-4H3;1-9,11-13H;/q2*-1;. The molecule has 0 fully saturated rings. The predicted octanol–water partition coefficient (Wildman–Crippen LogP) is 10.2. The Morgan fingerprint density at radius 2 is 1.28 bits per heavy atom. The van der Waals surface area contributed by atoms with Gasteiger partial charge in [0.25, 0.3) is 0 Å². The predicted molar refractivity (Wildman–Crippen MR) is 175 cm³/mol. The van der Waals surface area contributed by atoms with E-state index >= 15 is 0 Å². The first kappa shape index (κ1) is 31.8. The van der Waals surface area contributed by atoms with Crippen LogP contribution in [0.4, 0.5) is 0 Å². The Morgan fingerprint density at radius 1 is 0.581 bits per heavy atom. The summed E-state index contributed by atoms with van der Waals surface area (Å²) in [5.74, 6) is 0.520. The van der Waals surface area contributed by atoms with Gasteiger partial charge in [-0.1, -0.05) is 112 Å². The van der Waals surface area contributed by atoms with Crippen LogP contribution < -0.4 is 0 Å². The number of hydrogen-bond donors (Lipinski definition) is 0. The Balaban J connectivity index is 0.000000199. The fraction of sp³-hybridized carbons (Fsp3) is 0.150. The largest absolute Gasteiger partial charge is 0.305 e. The summed E-state index contributed by atoms with van der Waals surface area (Å²) in [4.78, 5) is 8.91. The van der Waals surface area contributed by atoms with Gasteiger partial charge in [0.15, 0.2) is 0 Å². The topological polar surface area (TPSA) is 25.8 Å². The number of nitrogens with zero attached hydrogens (tertiary/aromatic N) is 2. The maximum absolute atomic E-state index is 4.56. The molecule has 0 amide bonds. The minimum absolute atomic E-state index is 0. The van der Waals surface area contributed by atoms with Gasteiger partial charge in [0.2, 0.25) is 0 Å². The molecule has 217 valence electrons. The van der Waals surface area contributed by atoms with Crippen molar-refractivity contribution in [1.82, 2.24) is 9.97 Å². The summed E-state index contributed by atoms with van der Waals surface area (Å²) in [5.41, 5.74) is 10.2. The second-order valence-electron chi connectivity index (χ2n) is 11.2. The van der Waals surface area contributed by atoms with Gasteiger partial charge in [-0.05, 0) is 40.2 Å². The van der Waals surface area contributed by atoms with Crippen molar-refractivity contribution in [3.05, 3.63) is 169 Å². The molecule has 0 N–H and O–H groups in total. The SMILES string of the molecule is CC(C)c1c[c-]c(-c2cc(C(C)(C)c3ccccc3)ccn2)cc1.[Ir].[c-]1ccc(-c2ccccc2)cc1-c1ccccn1. The van der Waals surface area contributed by atoms with E-state index < -0.39 is 0 Å². The number of rotatable bonds is 6. The third-order valence-electron chi connectivity index (χ3n) is 7.61. The molecule has 0 bridgehead atoms. The molecular weight excluding hydrogens is 701 g/mol. The van der Waals surface area contributed by atoms with Crippen molar-refractivity contribution in [2.75, 3.05) is 0 Å². The van der Waals surface area contributed by atoms with E-state index in [1.54, 1.807) is 6.20 Å². The first-order valence-electron chi connectivity index (χ1n) is 14.4. The van der Waals surface area contributed by atoms with Gasteiger partial charge >= 0.3 is 0 Å². The van der Waals surface area contributed by atoms with Crippen LogP contribution in [0.15, 0.2) is 140 Å². The smallest absolute Gasteiger partial charge is 0.0163 e.